The number of unbranched alkanes of at least 4 members (excludes halogenated alkanes) is 1. The normalized spacial score (nSPS) is 21.7. The first-order chi connectivity index (χ1) is 17.2. The number of carbonyl (C=O) groups excluding carboxylic acids is 4. The number of carbonyl (C=O) groups is 4. The number of aromatic nitrogens is 1. The van der Waals surface area contributed by atoms with Gasteiger partial charge in [0.15, 0.2) is 5.13 Å². The van der Waals surface area contributed by atoms with E-state index in [0.29, 0.717) is 35.0 Å². The van der Waals surface area contributed by atoms with Gasteiger partial charge in [0.05, 0.1) is 23.6 Å². The van der Waals surface area contributed by atoms with Crippen molar-refractivity contribution in [3.05, 3.63) is 11.1 Å². The third-order valence-electron chi connectivity index (χ3n) is 5.58. The lowest BCUT2D eigenvalue weighted by atomic mass is 10.0. The molecule has 37 heavy (non-hydrogen) atoms. The summed E-state index contributed by atoms with van der Waals surface area (Å²) < 4.78 is 11.0. The number of amides is 5. The first-order valence-electron chi connectivity index (χ1n) is 12.3. The molecule has 3 rings (SSSR count). The lowest BCUT2D eigenvalue weighted by molar-refractivity contribution is -0.116. The average Bonchev–Trinajstić information content (AvgIpc) is 3.43. The molecule has 2 saturated heterocycles. The minimum Gasteiger partial charge on any atom is -0.443 e. The molecule has 0 spiro atoms. The molecular formula is C24H36N4O7S2. The summed E-state index contributed by atoms with van der Waals surface area (Å²) in [5, 5.41) is 12.2. The third kappa shape index (κ3) is 7.57. The third-order valence-corrected chi connectivity index (χ3v) is 7.95. The fraction of sp³-hybridized carbons (Fsp3) is 0.708. The van der Waals surface area contributed by atoms with E-state index in [0.717, 1.165) is 9.80 Å². The molecule has 0 saturated carbocycles. The molecule has 13 heteroatoms. The molecule has 1 aromatic heterocycles. The van der Waals surface area contributed by atoms with Crippen LogP contribution in [0.4, 0.5) is 19.5 Å². The van der Waals surface area contributed by atoms with Gasteiger partial charge in [-0.05, 0) is 54.4 Å². The largest absolute Gasteiger partial charge is 0.443 e. The van der Waals surface area contributed by atoms with Gasteiger partial charge in [-0.15, -0.1) is 0 Å². The SMILES string of the molecule is CC(C)(C)OC(=O)N1C(=O)N(C(=O)OC(C)(C)C)[C@H]2CS[C@@H](CCCCC(=O)Nc3ncc(CO)s3)[C@H]21. The number of thiazole rings is 1. The number of thioether (sulfide) groups is 1. The summed E-state index contributed by atoms with van der Waals surface area (Å²) in [4.78, 5) is 58.4. The van der Waals surface area contributed by atoms with Crippen LogP contribution in [0.5, 0.6) is 0 Å². The van der Waals surface area contributed by atoms with E-state index in [2.05, 4.69) is 10.3 Å². The molecule has 11 nitrogen and oxygen atoms in total. The van der Waals surface area contributed by atoms with Crippen LogP contribution in [-0.2, 0) is 20.9 Å². The first kappa shape index (κ1) is 29.2. The first-order valence-corrected chi connectivity index (χ1v) is 14.1. The molecule has 0 aliphatic carbocycles. The van der Waals surface area contributed by atoms with E-state index in [-0.39, 0.29) is 24.2 Å². The molecule has 0 aromatic carbocycles. The maximum absolute atomic E-state index is 13.3. The number of hydrogen-bond acceptors (Lipinski definition) is 10. The fourth-order valence-electron chi connectivity index (χ4n) is 4.16. The van der Waals surface area contributed by atoms with Gasteiger partial charge in [0.2, 0.25) is 5.91 Å². The van der Waals surface area contributed by atoms with E-state index >= 15 is 0 Å². The van der Waals surface area contributed by atoms with Crippen molar-refractivity contribution in [1.82, 2.24) is 14.8 Å². The van der Waals surface area contributed by atoms with Crippen LogP contribution in [0.15, 0.2) is 6.20 Å². The van der Waals surface area contributed by atoms with Gasteiger partial charge in [-0.25, -0.2) is 29.2 Å². The molecule has 1 aromatic rings. The molecule has 0 unspecified atom stereocenters. The lowest BCUT2D eigenvalue weighted by Gasteiger charge is -2.28. The second-order valence-corrected chi connectivity index (χ2v) is 13.4. The molecule has 3 atom stereocenters. The van der Waals surface area contributed by atoms with E-state index in [1.165, 1.54) is 17.5 Å². The number of hydrogen-bond donors (Lipinski definition) is 2. The van der Waals surface area contributed by atoms with Crippen LogP contribution >= 0.6 is 23.1 Å². The zero-order chi connectivity index (χ0) is 27.5. The van der Waals surface area contributed by atoms with Crippen molar-refractivity contribution in [2.75, 3.05) is 11.1 Å². The summed E-state index contributed by atoms with van der Waals surface area (Å²) in [7, 11) is 0. The van der Waals surface area contributed by atoms with Crippen LogP contribution in [0.1, 0.15) is 72.1 Å². The average molecular weight is 557 g/mol. The summed E-state index contributed by atoms with van der Waals surface area (Å²) in [5.41, 5.74) is -1.60. The van der Waals surface area contributed by atoms with Gasteiger partial charge in [0.25, 0.3) is 0 Å². The Morgan fingerprint density at radius 1 is 1.08 bits per heavy atom. The van der Waals surface area contributed by atoms with Gasteiger partial charge < -0.3 is 19.9 Å². The summed E-state index contributed by atoms with van der Waals surface area (Å²) >= 11 is 2.82. The number of fused-ring (bicyclic) bond motifs is 1. The van der Waals surface area contributed by atoms with Crippen LogP contribution in [-0.4, -0.2) is 78.3 Å². The number of imide groups is 2. The van der Waals surface area contributed by atoms with E-state index in [9.17, 15) is 19.2 Å². The topological polar surface area (TPSA) is 138 Å². The summed E-state index contributed by atoms with van der Waals surface area (Å²) in [6.07, 6.45) is 2.21. The predicted molar refractivity (Wildman–Crippen MR) is 140 cm³/mol. The van der Waals surface area contributed by atoms with Crippen LogP contribution in [0.25, 0.3) is 0 Å². The number of anilines is 1. The van der Waals surface area contributed by atoms with Crippen LogP contribution < -0.4 is 5.32 Å². The highest BCUT2D eigenvalue weighted by Crippen LogP contribution is 2.42. The molecule has 2 aliphatic rings. The number of aliphatic hydroxyl groups excluding tert-OH is 1. The molecule has 2 fully saturated rings. The Morgan fingerprint density at radius 3 is 2.27 bits per heavy atom. The zero-order valence-electron chi connectivity index (χ0n) is 22.1. The molecule has 0 bridgehead atoms. The van der Waals surface area contributed by atoms with E-state index < -0.39 is 41.5 Å². The number of ether oxygens (including phenoxy) is 2. The highest BCUT2D eigenvalue weighted by atomic mass is 32.2. The van der Waals surface area contributed by atoms with Crippen molar-refractivity contribution in [3.8, 4) is 0 Å². The quantitative estimate of drug-likeness (QED) is 0.364. The Kier molecular flexibility index (Phi) is 9.12. The number of nitrogens with zero attached hydrogens (tertiary/aromatic N) is 3. The maximum Gasteiger partial charge on any atom is 0.418 e. The van der Waals surface area contributed by atoms with Gasteiger partial charge in [0.1, 0.15) is 11.2 Å². The monoisotopic (exact) mass is 556 g/mol. The van der Waals surface area contributed by atoms with E-state index in [1.807, 2.05) is 0 Å². The lowest BCUT2D eigenvalue weighted by Crippen LogP contribution is -2.47. The van der Waals surface area contributed by atoms with E-state index in [1.54, 1.807) is 53.3 Å². The second-order valence-electron chi connectivity index (χ2n) is 11.0. The van der Waals surface area contributed by atoms with Gasteiger partial charge in [0, 0.05) is 23.6 Å². The maximum atomic E-state index is 13.3. The van der Waals surface area contributed by atoms with E-state index in [4.69, 9.17) is 14.6 Å². The Morgan fingerprint density at radius 2 is 1.70 bits per heavy atom. The smallest absolute Gasteiger partial charge is 0.418 e. The van der Waals surface area contributed by atoms with Crippen LogP contribution in [0.3, 0.4) is 0 Å². The van der Waals surface area contributed by atoms with Crippen molar-refractivity contribution in [2.24, 2.45) is 0 Å². The second kappa shape index (κ2) is 11.6. The molecule has 3 heterocycles. The molecule has 5 amide bonds. The Bertz CT molecular complexity index is 1020. The Labute approximate surface area is 225 Å². The Balaban J connectivity index is 1.64. The molecule has 0 radical (unpaired) electrons. The number of rotatable bonds is 7. The van der Waals surface area contributed by atoms with Crippen molar-refractivity contribution in [2.45, 2.75) is 102 Å². The highest BCUT2D eigenvalue weighted by molar-refractivity contribution is 8.00. The zero-order valence-corrected chi connectivity index (χ0v) is 23.7. The standard InChI is InChI=1S/C24H36N4O7S2/c1-23(2,3)34-21(32)27-15-13-36-16(18(15)28(20(27)31)22(33)35-24(4,5)6)9-7-8-10-17(30)26-19-25-11-14(12-29)37-19/h11,15-16,18,29H,7-10,12-13H2,1-6H3,(H,25,26,30)/t15-,16-,18-/m0/s1. The predicted octanol–water partition coefficient (Wildman–Crippen LogP) is 4.59. The van der Waals surface area contributed by atoms with Crippen molar-refractivity contribution in [3.63, 3.8) is 0 Å². The highest BCUT2D eigenvalue weighted by Gasteiger charge is 2.59. The summed E-state index contributed by atoms with van der Waals surface area (Å²) in [6, 6.07) is -1.78. The van der Waals surface area contributed by atoms with Gasteiger partial charge in [-0.3, -0.25) is 4.79 Å². The summed E-state index contributed by atoms with van der Waals surface area (Å²) in [6.45, 7) is 10.2. The van der Waals surface area contributed by atoms with Crippen LogP contribution in [0, 0.1) is 0 Å². The van der Waals surface area contributed by atoms with Gasteiger partial charge in [-0.2, -0.15) is 11.8 Å². The van der Waals surface area contributed by atoms with Crippen molar-refractivity contribution >= 4 is 52.4 Å². The number of aliphatic hydroxyl groups is 1. The number of nitrogens with one attached hydrogen (secondary N) is 1. The van der Waals surface area contributed by atoms with Gasteiger partial charge >= 0.3 is 18.2 Å². The molecule has 2 aliphatic heterocycles. The summed E-state index contributed by atoms with van der Waals surface area (Å²) in [5.74, 6) is 0.315. The van der Waals surface area contributed by atoms with Gasteiger partial charge in [-0.1, -0.05) is 17.8 Å². The van der Waals surface area contributed by atoms with Crippen molar-refractivity contribution in [1.29, 1.82) is 0 Å². The molecular weight excluding hydrogens is 520 g/mol. The molecule has 2 N–H and O–H groups in total. The molecule has 206 valence electrons. The minimum absolute atomic E-state index is 0.108. The minimum atomic E-state index is -0.809. The van der Waals surface area contributed by atoms with Crippen LogP contribution in [0.2, 0.25) is 0 Å². The van der Waals surface area contributed by atoms with Crippen molar-refractivity contribution < 1.29 is 33.8 Å². The Hall–Kier alpha value is -2.38. The number of urea groups is 1. The fourth-order valence-corrected chi connectivity index (χ4v) is 6.47.